The lowest BCUT2D eigenvalue weighted by atomic mass is 10.4. The SMILES string of the molecule is CCSc1[c]cccc1Cl. The van der Waals surface area contributed by atoms with Crippen LogP contribution in [0.4, 0.5) is 0 Å². The zero-order valence-corrected chi connectivity index (χ0v) is 7.30. The predicted octanol–water partition coefficient (Wildman–Crippen LogP) is 3.25. The number of rotatable bonds is 2. The average molecular weight is 172 g/mol. The van der Waals surface area contributed by atoms with Gasteiger partial charge in [-0.05, 0) is 17.9 Å². The van der Waals surface area contributed by atoms with Gasteiger partial charge in [0.05, 0.1) is 5.02 Å². The van der Waals surface area contributed by atoms with Crippen molar-refractivity contribution in [3.05, 3.63) is 29.3 Å². The average Bonchev–Trinajstić information content (AvgIpc) is 1.94. The second-order valence-electron chi connectivity index (χ2n) is 1.78. The molecule has 0 N–H and O–H groups in total. The van der Waals surface area contributed by atoms with Crippen LogP contribution in [0, 0.1) is 6.07 Å². The van der Waals surface area contributed by atoms with Crippen molar-refractivity contribution in [3.8, 4) is 0 Å². The minimum atomic E-state index is 0.800. The molecule has 0 bridgehead atoms. The Labute approximate surface area is 70.6 Å². The fraction of sp³-hybridized carbons (Fsp3) is 0.250. The highest BCUT2D eigenvalue weighted by Crippen LogP contribution is 2.25. The zero-order chi connectivity index (χ0) is 7.40. The minimum Gasteiger partial charge on any atom is -0.124 e. The molecule has 0 nitrogen and oxygen atoms in total. The van der Waals surface area contributed by atoms with Crippen LogP contribution in [0.15, 0.2) is 23.1 Å². The lowest BCUT2D eigenvalue weighted by Crippen LogP contribution is -1.73. The van der Waals surface area contributed by atoms with Crippen molar-refractivity contribution in [2.45, 2.75) is 11.8 Å². The van der Waals surface area contributed by atoms with Crippen LogP contribution in [0.1, 0.15) is 6.92 Å². The monoisotopic (exact) mass is 171 g/mol. The molecule has 0 aliphatic heterocycles. The first kappa shape index (κ1) is 7.96. The van der Waals surface area contributed by atoms with E-state index < -0.39 is 0 Å². The van der Waals surface area contributed by atoms with Crippen LogP contribution in [0.25, 0.3) is 0 Å². The van der Waals surface area contributed by atoms with E-state index in [4.69, 9.17) is 11.6 Å². The molecule has 0 atom stereocenters. The molecule has 0 unspecified atom stereocenters. The second-order valence-corrected chi connectivity index (χ2v) is 3.46. The Bertz CT molecular complexity index is 210. The largest absolute Gasteiger partial charge is 0.124 e. The summed E-state index contributed by atoms with van der Waals surface area (Å²) in [4.78, 5) is 1.05. The van der Waals surface area contributed by atoms with Crippen LogP contribution in [0.2, 0.25) is 5.02 Å². The summed E-state index contributed by atoms with van der Waals surface area (Å²) in [5.41, 5.74) is 0. The molecule has 1 aromatic carbocycles. The van der Waals surface area contributed by atoms with Crippen LogP contribution in [0.3, 0.4) is 0 Å². The summed E-state index contributed by atoms with van der Waals surface area (Å²) >= 11 is 7.57. The smallest absolute Gasteiger partial charge is 0.0548 e. The first-order chi connectivity index (χ1) is 4.84. The highest BCUT2D eigenvalue weighted by Gasteiger charge is 1.95. The third kappa shape index (κ3) is 1.93. The molecule has 0 spiro atoms. The first-order valence-corrected chi connectivity index (χ1v) is 4.50. The van der Waals surface area contributed by atoms with Crippen LogP contribution < -0.4 is 0 Å². The number of hydrogen-bond acceptors (Lipinski definition) is 1. The molecule has 0 heterocycles. The van der Waals surface area contributed by atoms with Crippen molar-refractivity contribution in [2.75, 3.05) is 5.75 Å². The molecule has 10 heavy (non-hydrogen) atoms. The van der Waals surface area contributed by atoms with Gasteiger partial charge in [0, 0.05) is 4.90 Å². The second kappa shape index (κ2) is 3.89. The fourth-order valence-electron chi connectivity index (χ4n) is 0.656. The molecule has 0 aliphatic carbocycles. The third-order valence-electron chi connectivity index (χ3n) is 1.06. The quantitative estimate of drug-likeness (QED) is 0.616. The van der Waals surface area contributed by atoms with Gasteiger partial charge < -0.3 is 0 Å². The summed E-state index contributed by atoms with van der Waals surface area (Å²) in [6.45, 7) is 2.10. The highest BCUT2D eigenvalue weighted by atomic mass is 35.5. The molecular weight excluding hydrogens is 164 g/mol. The molecule has 0 aromatic heterocycles. The van der Waals surface area contributed by atoms with Crippen LogP contribution in [0.5, 0.6) is 0 Å². The lowest BCUT2D eigenvalue weighted by molar-refractivity contribution is 1.42. The van der Waals surface area contributed by atoms with E-state index in [1.54, 1.807) is 11.8 Å². The standard InChI is InChI=1S/C8H8ClS/c1-2-10-8-6-4-3-5-7(8)9/h3-5H,2H2,1H3. The number of halogens is 1. The molecule has 0 fully saturated rings. The summed E-state index contributed by atoms with van der Waals surface area (Å²) < 4.78 is 0. The Hall–Kier alpha value is -0.140. The molecule has 0 aliphatic rings. The van der Waals surface area contributed by atoms with Crippen molar-refractivity contribution in [2.24, 2.45) is 0 Å². The van der Waals surface area contributed by atoms with Gasteiger partial charge in [-0.2, -0.15) is 0 Å². The number of hydrogen-bond donors (Lipinski definition) is 0. The fourth-order valence-corrected chi connectivity index (χ4v) is 1.59. The molecular formula is C8H8ClS. The van der Waals surface area contributed by atoms with Gasteiger partial charge in [0.2, 0.25) is 0 Å². The van der Waals surface area contributed by atoms with Crippen molar-refractivity contribution in [1.82, 2.24) is 0 Å². The van der Waals surface area contributed by atoms with E-state index in [0.29, 0.717) is 0 Å². The molecule has 1 rings (SSSR count). The van der Waals surface area contributed by atoms with Gasteiger partial charge in [-0.25, -0.2) is 0 Å². The predicted molar refractivity (Wildman–Crippen MR) is 46.7 cm³/mol. The van der Waals surface area contributed by atoms with Gasteiger partial charge in [0.15, 0.2) is 0 Å². The van der Waals surface area contributed by atoms with Crippen LogP contribution in [-0.2, 0) is 0 Å². The molecule has 1 radical (unpaired) electrons. The lowest BCUT2D eigenvalue weighted by Gasteiger charge is -1.98. The summed E-state index contributed by atoms with van der Waals surface area (Å²) in [7, 11) is 0. The van der Waals surface area contributed by atoms with Crippen molar-refractivity contribution in [3.63, 3.8) is 0 Å². The minimum absolute atomic E-state index is 0.800. The Morgan fingerprint density at radius 1 is 1.70 bits per heavy atom. The van der Waals surface area contributed by atoms with Gasteiger partial charge >= 0.3 is 0 Å². The van der Waals surface area contributed by atoms with Crippen LogP contribution >= 0.6 is 23.4 Å². The molecule has 53 valence electrons. The van der Waals surface area contributed by atoms with Crippen molar-refractivity contribution >= 4 is 23.4 Å². The maximum Gasteiger partial charge on any atom is 0.0548 e. The number of benzene rings is 1. The normalized spacial score (nSPS) is 9.80. The Morgan fingerprint density at radius 3 is 3.10 bits per heavy atom. The van der Waals surface area contributed by atoms with E-state index in [1.807, 2.05) is 18.2 Å². The van der Waals surface area contributed by atoms with Gasteiger partial charge in [-0.15, -0.1) is 11.8 Å². The zero-order valence-electron chi connectivity index (χ0n) is 5.73. The summed E-state index contributed by atoms with van der Waals surface area (Å²) in [6, 6.07) is 8.72. The number of thioether (sulfide) groups is 1. The maximum absolute atomic E-state index is 5.85. The van der Waals surface area contributed by atoms with E-state index in [1.165, 1.54) is 0 Å². The highest BCUT2D eigenvalue weighted by molar-refractivity contribution is 7.99. The van der Waals surface area contributed by atoms with Crippen molar-refractivity contribution in [1.29, 1.82) is 0 Å². The molecule has 0 saturated carbocycles. The Kier molecular flexibility index (Phi) is 3.10. The van der Waals surface area contributed by atoms with E-state index in [9.17, 15) is 0 Å². The van der Waals surface area contributed by atoms with E-state index in [0.717, 1.165) is 15.7 Å². The van der Waals surface area contributed by atoms with Crippen molar-refractivity contribution < 1.29 is 0 Å². The summed E-state index contributed by atoms with van der Waals surface area (Å²) in [5.74, 6) is 1.04. The van der Waals surface area contributed by atoms with Crippen LogP contribution in [-0.4, -0.2) is 5.75 Å². The topological polar surface area (TPSA) is 0 Å². The third-order valence-corrected chi connectivity index (χ3v) is 2.40. The van der Waals surface area contributed by atoms with Gasteiger partial charge in [0.25, 0.3) is 0 Å². The van der Waals surface area contributed by atoms with E-state index >= 15 is 0 Å². The van der Waals surface area contributed by atoms with E-state index in [-0.39, 0.29) is 0 Å². The Morgan fingerprint density at radius 2 is 2.50 bits per heavy atom. The molecule has 2 heteroatoms. The first-order valence-electron chi connectivity index (χ1n) is 3.13. The molecule has 0 saturated heterocycles. The molecule has 0 amide bonds. The summed E-state index contributed by atoms with van der Waals surface area (Å²) in [5, 5.41) is 0.800. The maximum atomic E-state index is 5.85. The van der Waals surface area contributed by atoms with Gasteiger partial charge in [0.1, 0.15) is 0 Å². The van der Waals surface area contributed by atoms with E-state index in [2.05, 4.69) is 13.0 Å². The van der Waals surface area contributed by atoms with Gasteiger partial charge in [-0.3, -0.25) is 0 Å². The summed E-state index contributed by atoms with van der Waals surface area (Å²) in [6.07, 6.45) is 0. The Balaban J connectivity index is 2.81. The van der Waals surface area contributed by atoms with Gasteiger partial charge in [-0.1, -0.05) is 30.7 Å². The molecule has 1 aromatic rings.